The summed E-state index contributed by atoms with van der Waals surface area (Å²) in [7, 11) is 0. The molecule has 2 unspecified atom stereocenters. The number of carboxylic acid groups (broad SMARTS) is 1. The molecule has 0 fully saturated rings. The maximum Gasteiger partial charge on any atom is 0.0875 e. The molecule has 0 bridgehead atoms. The van der Waals surface area contributed by atoms with Gasteiger partial charge in [0.15, 0.2) is 0 Å². The van der Waals surface area contributed by atoms with Crippen LogP contribution in [-0.2, 0) is 4.79 Å². The van der Waals surface area contributed by atoms with Crippen molar-refractivity contribution in [3.8, 4) is 0 Å². The maximum absolute atomic E-state index is 11.2. The summed E-state index contributed by atoms with van der Waals surface area (Å²) in [4.78, 5) is 11.2. The fraction of sp³-hybridized carbons (Fsp3) is 0.824. The van der Waals surface area contributed by atoms with E-state index in [1.165, 1.54) is 57.8 Å². The van der Waals surface area contributed by atoms with Gasteiger partial charge in [0.25, 0.3) is 0 Å². The summed E-state index contributed by atoms with van der Waals surface area (Å²) < 4.78 is 0.468. The van der Waals surface area contributed by atoms with E-state index in [0.29, 0.717) is 0 Å². The van der Waals surface area contributed by atoms with Crippen molar-refractivity contribution in [1.82, 2.24) is 0 Å². The number of hydrogen-bond donors (Lipinski definition) is 0. The molecule has 0 aromatic rings. The van der Waals surface area contributed by atoms with E-state index in [1.54, 1.807) is 17.8 Å². The van der Waals surface area contributed by atoms with Crippen molar-refractivity contribution >= 4 is 49.6 Å². The molecule has 1 aliphatic rings. The van der Waals surface area contributed by atoms with Crippen LogP contribution in [0.25, 0.3) is 0 Å². The summed E-state index contributed by atoms with van der Waals surface area (Å²) in [6.45, 7) is 2.25. The first-order chi connectivity index (χ1) is 10.5. The third-order valence-corrected chi connectivity index (χ3v) is 7.41. The molecule has 5 heteroatoms. The molecule has 0 saturated heterocycles. The number of rotatable bonds is 12. The largest absolute Gasteiger partial charge is 0.549 e. The van der Waals surface area contributed by atoms with Gasteiger partial charge < -0.3 is 9.90 Å². The molecular weight excluding hydrogens is 428 g/mol. The van der Waals surface area contributed by atoms with E-state index in [4.69, 9.17) is 0 Å². The van der Waals surface area contributed by atoms with Gasteiger partial charge >= 0.3 is 0 Å². The van der Waals surface area contributed by atoms with E-state index in [1.807, 2.05) is 0 Å². The van der Waals surface area contributed by atoms with Crippen LogP contribution in [0.4, 0.5) is 0 Å². The highest BCUT2D eigenvalue weighted by Gasteiger charge is 2.41. The van der Waals surface area contributed by atoms with E-state index in [9.17, 15) is 9.90 Å². The Hall–Kier alpha value is 0.520. The Kier molecular flexibility index (Phi) is 10.4. The molecule has 1 rings (SSSR count). The van der Waals surface area contributed by atoms with Crippen LogP contribution in [0.5, 0.6) is 0 Å². The minimum atomic E-state index is -0.995. The van der Waals surface area contributed by atoms with Crippen molar-refractivity contribution in [2.45, 2.75) is 81.2 Å². The Labute approximate surface area is 156 Å². The second kappa shape index (κ2) is 11.1. The number of halogens is 2. The number of aliphatic carboxylic acids is 1. The minimum Gasteiger partial charge on any atom is -0.549 e. The zero-order valence-corrected chi connectivity index (χ0v) is 17.4. The lowest BCUT2D eigenvalue weighted by Crippen LogP contribution is -2.39. The number of alkyl halides is 1. The van der Waals surface area contributed by atoms with Crippen LogP contribution >= 0.6 is 43.6 Å². The molecule has 0 radical (unpaired) electrons. The molecule has 128 valence electrons. The van der Waals surface area contributed by atoms with Crippen molar-refractivity contribution in [3.05, 3.63) is 9.89 Å². The Balaban J connectivity index is 2.08. The summed E-state index contributed by atoms with van der Waals surface area (Å²) in [5.74, 6) is -1.55. The molecule has 0 saturated carbocycles. The topological polar surface area (TPSA) is 40.1 Å². The van der Waals surface area contributed by atoms with E-state index in [2.05, 4.69) is 38.8 Å². The summed E-state index contributed by atoms with van der Waals surface area (Å²) >= 11 is 8.58. The predicted octanol–water partition coefficient (Wildman–Crippen LogP) is 5.74. The molecule has 0 spiro atoms. The Morgan fingerprint density at radius 3 is 2.14 bits per heavy atom. The molecular formula is C17H27Br2O2S-. The van der Waals surface area contributed by atoms with Gasteiger partial charge in [-0.05, 0) is 22.4 Å². The van der Waals surface area contributed by atoms with E-state index < -0.39 is 15.5 Å². The van der Waals surface area contributed by atoms with Crippen LogP contribution in [0.2, 0.25) is 0 Å². The van der Waals surface area contributed by atoms with Gasteiger partial charge in [-0.3, -0.25) is 0 Å². The summed E-state index contributed by atoms with van der Waals surface area (Å²) in [5.41, 5.74) is 0. The zero-order chi connectivity index (χ0) is 16.4. The fourth-order valence-corrected chi connectivity index (χ4v) is 6.79. The van der Waals surface area contributed by atoms with Crippen molar-refractivity contribution in [2.75, 3.05) is 0 Å². The van der Waals surface area contributed by atoms with Crippen molar-refractivity contribution < 1.29 is 9.90 Å². The molecule has 0 N–H and O–H groups in total. The number of hydrogen-bond acceptors (Lipinski definition) is 3. The predicted molar refractivity (Wildman–Crippen MR) is 101 cm³/mol. The number of carbonyl (C=O) groups excluding carboxylic acids is 1. The third-order valence-electron chi connectivity index (χ3n) is 4.15. The molecule has 2 atom stereocenters. The lowest BCUT2D eigenvalue weighted by molar-refractivity contribution is -0.309. The number of thioether (sulfide) groups is 1. The standard InChI is InChI=1S/C17H28Br2O2S/c1-2-3-4-5-6-7-8-9-10-11-12-17(19)14(16(20)21)13-15(18)22-17/h13-14H,2-12H2,1H3,(H,20,21)/p-1. The highest BCUT2D eigenvalue weighted by atomic mass is 79.9. The second-order valence-electron chi connectivity index (χ2n) is 6.09. The van der Waals surface area contributed by atoms with Gasteiger partial charge in [-0.2, -0.15) is 0 Å². The second-order valence-corrected chi connectivity index (χ2v) is 10.8. The monoisotopic (exact) mass is 453 g/mol. The average molecular weight is 455 g/mol. The lowest BCUT2D eigenvalue weighted by Gasteiger charge is -2.29. The van der Waals surface area contributed by atoms with Gasteiger partial charge in [0.1, 0.15) is 0 Å². The minimum absolute atomic E-state index is 0.426. The first kappa shape index (κ1) is 20.6. The Morgan fingerprint density at radius 1 is 1.14 bits per heavy atom. The molecule has 0 aromatic heterocycles. The summed E-state index contributed by atoms with van der Waals surface area (Å²) in [6, 6.07) is 0. The SMILES string of the molecule is CCCCCCCCCCCCC1(Br)SC(Br)=CC1C(=O)[O-]. The van der Waals surface area contributed by atoms with Crippen LogP contribution < -0.4 is 5.11 Å². The van der Waals surface area contributed by atoms with Crippen LogP contribution in [0.1, 0.15) is 77.6 Å². The third kappa shape index (κ3) is 7.39. The van der Waals surface area contributed by atoms with Gasteiger partial charge in [-0.15, -0.1) is 0 Å². The quantitative estimate of drug-likeness (QED) is 0.279. The van der Waals surface area contributed by atoms with Gasteiger partial charge in [-0.1, -0.05) is 105 Å². The number of unbranched alkanes of at least 4 members (excludes halogenated alkanes) is 9. The van der Waals surface area contributed by atoms with Gasteiger partial charge in [0, 0.05) is 9.73 Å². The summed E-state index contributed by atoms with van der Waals surface area (Å²) in [5, 5.41) is 11.2. The first-order valence-electron chi connectivity index (χ1n) is 8.45. The zero-order valence-electron chi connectivity index (χ0n) is 13.4. The average Bonchev–Trinajstić information content (AvgIpc) is 2.76. The first-order valence-corrected chi connectivity index (χ1v) is 10.9. The highest BCUT2D eigenvalue weighted by molar-refractivity contribution is 9.15. The van der Waals surface area contributed by atoms with Crippen molar-refractivity contribution in [2.24, 2.45) is 5.92 Å². The van der Waals surface area contributed by atoms with Crippen LogP contribution in [0, 0.1) is 5.92 Å². The fourth-order valence-electron chi connectivity index (χ4n) is 2.82. The van der Waals surface area contributed by atoms with E-state index >= 15 is 0 Å². The number of carboxylic acids is 1. The number of carbonyl (C=O) groups is 1. The highest BCUT2D eigenvalue weighted by Crippen LogP contribution is 2.55. The lowest BCUT2D eigenvalue weighted by atomic mass is 9.99. The van der Waals surface area contributed by atoms with Gasteiger partial charge in [0.2, 0.25) is 0 Å². The molecule has 0 amide bonds. The van der Waals surface area contributed by atoms with E-state index in [0.717, 1.165) is 16.7 Å². The van der Waals surface area contributed by atoms with Crippen LogP contribution in [-0.4, -0.2) is 9.63 Å². The summed E-state index contributed by atoms with van der Waals surface area (Å²) in [6.07, 6.45) is 15.5. The Bertz CT molecular complexity index is 374. The van der Waals surface area contributed by atoms with E-state index in [-0.39, 0.29) is 0 Å². The van der Waals surface area contributed by atoms with Crippen molar-refractivity contribution in [3.63, 3.8) is 0 Å². The molecule has 22 heavy (non-hydrogen) atoms. The van der Waals surface area contributed by atoms with Gasteiger partial charge in [-0.25, -0.2) is 0 Å². The van der Waals surface area contributed by atoms with Gasteiger partial charge in [0.05, 0.1) is 9.63 Å². The van der Waals surface area contributed by atoms with Crippen LogP contribution in [0.15, 0.2) is 9.89 Å². The van der Waals surface area contributed by atoms with Crippen molar-refractivity contribution in [1.29, 1.82) is 0 Å². The molecule has 2 nitrogen and oxygen atoms in total. The normalized spacial score (nSPS) is 24.5. The smallest absolute Gasteiger partial charge is 0.0875 e. The van der Waals surface area contributed by atoms with Crippen LogP contribution in [0.3, 0.4) is 0 Å². The molecule has 0 aromatic carbocycles. The maximum atomic E-state index is 11.2. The molecule has 0 aliphatic carbocycles. The molecule has 1 heterocycles. The Morgan fingerprint density at radius 2 is 1.64 bits per heavy atom. The molecule has 1 aliphatic heterocycles.